The molecule has 0 atom stereocenters. The summed E-state index contributed by atoms with van der Waals surface area (Å²) in [6.07, 6.45) is 0.955. The first-order chi connectivity index (χ1) is 9.92. The zero-order valence-electron chi connectivity index (χ0n) is 12.0. The van der Waals surface area contributed by atoms with Crippen LogP contribution < -0.4 is 10.4 Å². The molecule has 0 aliphatic heterocycles. The Labute approximate surface area is 123 Å². The molecule has 0 aliphatic rings. The molecule has 106 valence electrons. The fraction of sp³-hybridized carbons (Fsp3) is 0.294. The number of hydrogen-bond acceptors (Lipinski definition) is 2. The number of ether oxygens (including phenoxy) is 1. The van der Waals surface area contributed by atoms with E-state index in [4.69, 9.17) is 9.16 Å². The minimum absolute atomic E-state index is 0.765. The van der Waals surface area contributed by atoms with E-state index in [2.05, 4.69) is 60.7 Å². The van der Waals surface area contributed by atoms with Crippen LogP contribution in [-0.2, 0) is 9.16 Å². The van der Waals surface area contributed by atoms with Crippen LogP contribution in [0, 0.1) is 0 Å². The van der Waals surface area contributed by atoms with Gasteiger partial charge in [-0.2, -0.15) is 0 Å². The summed E-state index contributed by atoms with van der Waals surface area (Å²) in [5.74, 6) is 0. The van der Waals surface area contributed by atoms with Crippen LogP contribution in [0.4, 0.5) is 0 Å². The number of hydrogen-bond donors (Lipinski definition) is 0. The summed E-state index contributed by atoms with van der Waals surface area (Å²) in [6.45, 7) is 4.34. The van der Waals surface area contributed by atoms with E-state index >= 15 is 0 Å². The summed E-state index contributed by atoms with van der Waals surface area (Å²) < 4.78 is 11.6. The van der Waals surface area contributed by atoms with Crippen molar-refractivity contribution in [3.63, 3.8) is 0 Å². The van der Waals surface area contributed by atoms with Crippen molar-refractivity contribution in [2.45, 2.75) is 13.3 Å². The molecule has 3 heteroatoms. The molecule has 0 heterocycles. The lowest BCUT2D eigenvalue weighted by atomic mass is 10.4. The lowest BCUT2D eigenvalue weighted by Gasteiger charge is -2.17. The highest BCUT2D eigenvalue weighted by Crippen LogP contribution is 1.96. The molecular weight excluding hydrogens is 264 g/mol. The van der Waals surface area contributed by atoms with Gasteiger partial charge in [-0.3, -0.25) is 0 Å². The van der Waals surface area contributed by atoms with Crippen molar-refractivity contribution in [2.75, 3.05) is 19.8 Å². The van der Waals surface area contributed by atoms with Crippen LogP contribution >= 0.6 is 0 Å². The van der Waals surface area contributed by atoms with Gasteiger partial charge in [0, 0.05) is 19.8 Å². The van der Waals surface area contributed by atoms with E-state index in [0.29, 0.717) is 0 Å². The second-order valence-corrected chi connectivity index (χ2v) is 7.05. The summed E-state index contributed by atoms with van der Waals surface area (Å²) in [7, 11) is -1.56. The van der Waals surface area contributed by atoms with Crippen LogP contribution in [0.3, 0.4) is 0 Å². The molecular formula is C17H22O2Si. The lowest BCUT2D eigenvalue weighted by molar-refractivity contribution is 0.131. The Balaban J connectivity index is 2.02. The summed E-state index contributed by atoms with van der Waals surface area (Å²) in [5.41, 5.74) is 0. The standard InChI is InChI=1S/C17H22O2Si/c1-2-18-14-9-15-19-20(16-10-5-3-6-11-16)17-12-7-4-8-13-17/h3-8,10-13,20H,2,9,14-15H2,1H3. The fourth-order valence-corrected chi connectivity index (χ4v) is 4.46. The average Bonchev–Trinajstić information content (AvgIpc) is 2.53. The summed E-state index contributed by atoms with van der Waals surface area (Å²) in [4.78, 5) is 0. The Morgan fingerprint density at radius 2 is 1.35 bits per heavy atom. The third-order valence-corrected chi connectivity index (χ3v) is 5.68. The van der Waals surface area contributed by atoms with Gasteiger partial charge in [-0.25, -0.2) is 0 Å². The van der Waals surface area contributed by atoms with Crippen molar-refractivity contribution in [3.8, 4) is 0 Å². The first-order valence-corrected chi connectivity index (χ1v) is 8.83. The second kappa shape index (κ2) is 8.69. The molecule has 0 amide bonds. The molecule has 0 N–H and O–H groups in total. The van der Waals surface area contributed by atoms with Gasteiger partial charge in [-0.15, -0.1) is 0 Å². The van der Waals surface area contributed by atoms with E-state index in [0.717, 1.165) is 26.2 Å². The van der Waals surface area contributed by atoms with Gasteiger partial charge >= 0.3 is 0 Å². The Bertz CT molecular complexity index is 433. The first kappa shape index (κ1) is 15.0. The van der Waals surface area contributed by atoms with Gasteiger partial charge in [0.1, 0.15) is 0 Å². The molecule has 0 saturated carbocycles. The third-order valence-electron chi connectivity index (χ3n) is 3.13. The van der Waals surface area contributed by atoms with E-state index < -0.39 is 9.04 Å². The van der Waals surface area contributed by atoms with Crippen LogP contribution in [0.25, 0.3) is 0 Å². The van der Waals surface area contributed by atoms with Crippen LogP contribution in [0.15, 0.2) is 60.7 Å². The molecule has 0 unspecified atom stereocenters. The van der Waals surface area contributed by atoms with E-state index in [1.165, 1.54) is 10.4 Å². The maximum absolute atomic E-state index is 6.22. The lowest BCUT2D eigenvalue weighted by Crippen LogP contribution is -2.45. The van der Waals surface area contributed by atoms with Crippen LogP contribution in [0.5, 0.6) is 0 Å². The van der Waals surface area contributed by atoms with Crippen molar-refractivity contribution in [3.05, 3.63) is 60.7 Å². The highest BCUT2D eigenvalue weighted by atomic mass is 28.3. The summed E-state index contributed by atoms with van der Waals surface area (Å²) in [6, 6.07) is 21.1. The van der Waals surface area contributed by atoms with Crippen molar-refractivity contribution in [2.24, 2.45) is 0 Å². The fourth-order valence-electron chi connectivity index (χ4n) is 2.15. The van der Waals surface area contributed by atoms with Gasteiger partial charge in [0.25, 0.3) is 0 Å². The Morgan fingerprint density at radius 3 is 1.85 bits per heavy atom. The van der Waals surface area contributed by atoms with E-state index in [-0.39, 0.29) is 0 Å². The van der Waals surface area contributed by atoms with E-state index in [9.17, 15) is 0 Å². The zero-order chi connectivity index (χ0) is 14.0. The second-order valence-electron chi connectivity index (χ2n) is 4.62. The van der Waals surface area contributed by atoms with Gasteiger partial charge in [0.15, 0.2) is 0 Å². The highest BCUT2D eigenvalue weighted by molar-refractivity contribution is 6.80. The predicted molar refractivity (Wildman–Crippen MR) is 86.4 cm³/mol. The van der Waals surface area contributed by atoms with Crippen molar-refractivity contribution >= 4 is 19.4 Å². The largest absolute Gasteiger partial charge is 0.411 e. The minimum Gasteiger partial charge on any atom is -0.411 e. The van der Waals surface area contributed by atoms with E-state index in [1.807, 2.05) is 6.92 Å². The van der Waals surface area contributed by atoms with Gasteiger partial charge in [0.05, 0.1) is 0 Å². The highest BCUT2D eigenvalue weighted by Gasteiger charge is 2.16. The topological polar surface area (TPSA) is 18.5 Å². The molecule has 0 fully saturated rings. The molecule has 2 nitrogen and oxygen atoms in total. The van der Waals surface area contributed by atoms with Crippen molar-refractivity contribution in [1.82, 2.24) is 0 Å². The van der Waals surface area contributed by atoms with Gasteiger partial charge in [0.2, 0.25) is 9.04 Å². The summed E-state index contributed by atoms with van der Waals surface area (Å²) >= 11 is 0. The van der Waals surface area contributed by atoms with Crippen LogP contribution in [0.2, 0.25) is 0 Å². The van der Waals surface area contributed by atoms with Gasteiger partial charge in [-0.05, 0) is 23.7 Å². The SMILES string of the molecule is CCOCCCO[SiH](c1ccccc1)c1ccccc1. The maximum atomic E-state index is 6.22. The maximum Gasteiger partial charge on any atom is 0.239 e. The molecule has 0 aliphatic carbocycles. The van der Waals surface area contributed by atoms with Gasteiger partial charge in [-0.1, -0.05) is 60.7 Å². The molecule has 0 bridgehead atoms. The molecule has 0 radical (unpaired) electrons. The third kappa shape index (κ3) is 4.60. The smallest absolute Gasteiger partial charge is 0.239 e. The molecule has 0 aromatic heterocycles. The molecule has 2 aromatic carbocycles. The van der Waals surface area contributed by atoms with Crippen LogP contribution in [-0.4, -0.2) is 28.9 Å². The normalized spacial score (nSPS) is 10.9. The Kier molecular flexibility index (Phi) is 6.51. The number of rotatable bonds is 8. The van der Waals surface area contributed by atoms with Crippen LogP contribution in [0.1, 0.15) is 13.3 Å². The van der Waals surface area contributed by atoms with Crippen molar-refractivity contribution in [1.29, 1.82) is 0 Å². The monoisotopic (exact) mass is 286 g/mol. The average molecular weight is 286 g/mol. The molecule has 0 saturated heterocycles. The Morgan fingerprint density at radius 1 is 0.800 bits per heavy atom. The predicted octanol–water partition coefficient (Wildman–Crippen LogP) is 1.97. The molecule has 2 rings (SSSR count). The van der Waals surface area contributed by atoms with Crippen molar-refractivity contribution < 1.29 is 9.16 Å². The Hall–Kier alpha value is -1.42. The van der Waals surface area contributed by atoms with E-state index in [1.54, 1.807) is 0 Å². The van der Waals surface area contributed by atoms with Gasteiger partial charge < -0.3 is 9.16 Å². The zero-order valence-corrected chi connectivity index (χ0v) is 13.2. The first-order valence-electron chi connectivity index (χ1n) is 7.21. The molecule has 0 spiro atoms. The summed E-state index contributed by atoms with van der Waals surface area (Å²) in [5, 5.41) is 2.66. The minimum atomic E-state index is -1.56. The quantitative estimate of drug-likeness (QED) is 0.546. The molecule has 2 aromatic rings. The molecule has 20 heavy (non-hydrogen) atoms. The number of benzene rings is 2.